The quantitative estimate of drug-likeness (QED) is 0.225. The van der Waals surface area contributed by atoms with Gasteiger partial charge in [0.1, 0.15) is 4.90 Å². The van der Waals surface area contributed by atoms with Crippen LogP contribution >= 0.6 is 23.2 Å². The number of anilines is 2. The number of fused-ring (bicyclic) bond motifs is 1. The Balaban J connectivity index is 1.72. The van der Waals surface area contributed by atoms with E-state index in [1.165, 1.54) is 12.1 Å². The fourth-order valence-corrected chi connectivity index (χ4v) is 6.27. The molecule has 0 aromatic heterocycles. The van der Waals surface area contributed by atoms with Crippen molar-refractivity contribution in [2.45, 2.75) is 18.4 Å². The predicted molar refractivity (Wildman–Crippen MR) is 170 cm³/mol. The maximum Gasteiger partial charge on any atom is 0.278 e. The monoisotopic (exact) mass is 619 g/mol. The molecule has 5 rings (SSSR count). The number of amides is 1. The molecule has 11 heteroatoms. The lowest BCUT2D eigenvalue weighted by molar-refractivity contribution is -0.110. The van der Waals surface area contributed by atoms with Gasteiger partial charge in [0, 0.05) is 24.8 Å². The fraction of sp³-hybridized carbons (Fsp3) is 0.129. The zero-order chi connectivity index (χ0) is 30.0. The summed E-state index contributed by atoms with van der Waals surface area (Å²) in [6.45, 7) is 1.80. The van der Waals surface area contributed by atoms with Crippen LogP contribution in [0.3, 0.4) is 0 Å². The van der Waals surface area contributed by atoms with Crippen LogP contribution in [-0.4, -0.2) is 44.3 Å². The van der Waals surface area contributed by atoms with Crippen molar-refractivity contribution in [3.05, 3.63) is 112 Å². The van der Waals surface area contributed by atoms with Crippen molar-refractivity contribution >= 4 is 73.4 Å². The summed E-state index contributed by atoms with van der Waals surface area (Å²) in [4.78, 5) is 25.5. The van der Waals surface area contributed by atoms with Gasteiger partial charge in [-0.1, -0.05) is 65.7 Å². The van der Waals surface area contributed by atoms with E-state index in [0.29, 0.717) is 16.3 Å². The van der Waals surface area contributed by atoms with Gasteiger partial charge in [-0.3, -0.25) is 4.79 Å². The van der Waals surface area contributed by atoms with Crippen molar-refractivity contribution in [1.82, 2.24) is 4.31 Å². The second kappa shape index (κ2) is 12.0. The van der Waals surface area contributed by atoms with E-state index in [4.69, 9.17) is 33.2 Å². The summed E-state index contributed by atoms with van der Waals surface area (Å²) in [5.74, 6) is -0.828. The standard InChI is InChI=1S/C31H27Cl2N5O3S/c1-20-17-23(37(2)3)14-16-25(20)34-29(31(39)36-27-18-22(32)13-15-24(27)33)30-35-26-11-7-8-12-28(26)42(40,41)38(30)19-21-9-5-4-6-10-21/h4-18H,19H2,1-3H3,(H,36,39). The van der Waals surface area contributed by atoms with Crippen LogP contribution in [-0.2, 0) is 21.4 Å². The van der Waals surface area contributed by atoms with Gasteiger partial charge in [-0.25, -0.2) is 22.7 Å². The smallest absolute Gasteiger partial charge is 0.278 e. The van der Waals surface area contributed by atoms with Crippen molar-refractivity contribution < 1.29 is 13.2 Å². The fourth-order valence-electron chi connectivity index (χ4n) is 4.39. The highest BCUT2D eigenvalue weighted by atomic mass is 35.5. The molecule has 4 aromatic rings. The first-order valence-corrected chi connectivity index (χ1v) is 15.1. The lowest BCUT2D eigenvalue weighted by Crippen LogP contribution is -2.46. The largest absolute Gasteiger partial charge is 0.378 e. The minimum Gasteiger partial charge on any atom is -0.378 e. The van der Waals surface area contributed by atoms with E-state index in [1.54, 1.807) is 48.5 Å². The Morgan fingerprint density at radius 2 is 1.67 bits per heavy atom. The first-order chi connectivity index (χ1) is 20.0. The summed E-state index contributed by atoms with van der Waals surface area (Å²) in [7, 11) is -0.284. The number of aliphatic imine (C=N–C) groups is 2. The third-order valence-corrected chi connectivity index (χ3v) is 8.95. The van der Waals surface area contributed by atoms with Crippen molar-refractivity contribution in [3.8, 4) is 0 Å². The minimum absolute atomic E-state index is 0.0360. The van der Waals surface area contributed by atoms with E-state index in [-0.39, 0.29) is 39.4 Å². The second-order valence-corrected chi connectivity index (χ2v) is 12.5. The second-order valence-electron chi connectivity index (χ2n) is 9.80. The molecule has 214 valence electrons. The minimum atomic E-state index is -4.13. The van der Waals surface area contributed by atoms with Crippen LogP contribution in [0.2, 0.25) is 10.0 Å². The van der Waals surface area contributed by atoms with E-state index in [2.05, 4.69) is 5.32 Å². The number of halogens is 2. The molecule has 1 amide bonds. The molecule has 0 spiro atoms. The van der Waals surface area contributed by atoms with E-state index in [0.717, 1.165) is 15.6 Å². The third kappa shape index (κ3) is 6.04. The average Bonchev–Trinajstić information content (AvgIpc) is 2.96. The van der Waals surface area contributed by atoms with Crippen LogP contribution < -0.4 is 10.2 Å². The first-order valence-electron chi connectivity index (χ1n) is 12.9. The number of sulfonamides is 1. The summed E-state index contributed by atoms with van der Waals surface area (Å²) < 4.78 is 29.2. The Labute approximate surface area is 255 Å². The van der Waals surface area contributed by atoms with Crippen molar-refractivity contribution in [1.29, 1.82) is 0 Å². The van der Waals surface area contributed by atoms with Gasteiger partial charge < -0.3 is 10.2 Å². The molecule has 0 radical (unpaired) electrons. The van der Waals surface area contributed by atoms with Gasteiger partial charge in [-0.05, 0) is 66.6 Å². The molecule has 8 nitrogen and oxygen atoms in total. The van der Waals surface area contributed by atoms with Gasteiger partial charge in [0.15, 0.2) is 11.5 Å². The molecule has 1 aliphatic heterocycles. The average molecular weight is 621 g/mol. The summed E-state index contributed by atoms with van der Waals surface area (Å²) in [5, 5.41) is 3.37. The van der Waals surface area contributed by atoms with Crippen LogP contribution in [0.15, 0.2) is 106 Å². The topological polar surface area (TPSA) is 94.4 Å². The number of aryl methyl sites for hydroxylation is 1. The number of carbonyl (C=O) groups is 1. The van der Waals surface area contributed by atoms with Crippen LogP contribution in [0, 0.1) is 6.92 Å². The Bertz CT molecular complexity index is 1840. The molecule has 0 bridgehead atoms. The van der Waals surface area contributed by atoms with Gasteiger partial charge in [0.05, 0.1) is 28.6 Å². The molecule has 1 heterocycles. The van der Waals surface area contributed by atoms with Gasteiger partial charge in [0.25, 0.3) is 15.9 Å². The Hall–Kier alpha value is -4.18. The first kappa shape index (κ1) is 29.3. The SMILES string of the molecule is Cc1cc(N(C)C)ccc1N=C(C(=O)Nc1cc(Cl)ccc1Cl)C1=Nc2ccccc2S(=O)(=O)N1Cc1ccccc1. The molecule has 42 heavy (non-hydrogen) atoms. The maximum atomic E-state index is 14.1. The third-order valence-electron chi connectivity index (χ3n) is 6.60. The van der Waals surface area contributed by atoms with Crippen molar-refractivity contribution in [3.63, 3.8) is 0 Å². The van der Waals surface area contributed by atoms with E-state index in [1.807, 2.05) is 56.3 Å². The Kier molecular flexibility index (Phi) is 8.36. The number of nitrogens with one attached hydrogen (secondary N) is 1. The number of para-hydroxylation sites is 1. The highest BCUT2D eigenvalue weighted by Crippen LogP contribution is 2.35. The van der Waals surface area contributed by atoms with E-state index >= 15 is 0 Å². The molecule has 0 atom stereocenters. The normalized spacial score (nSPS) is 14.2. The molecule has 0 saturated carbocycles. The number of carbonyl (C=O) groups excluding carboxylic acids is 1. The summed E-state index contributed by atoms with van der Waals surface area (Å²) in [5.41, 5.74) is 3.15. The summed E-state index contributed by atoms with van der Waals surface area (Å²) in [6.07, 6.45) is 0. The van der Waals surface area contributed by atoms with Crippen LogP contribution in [0.1, 0.15) is 11.1 Å². The van der Waals surface area contributed by atoms with Gasteiger partial charge in [-0.15, -0.1) is 0 Å². The van der Waals surface area contributed by atoms with Gasteiger partial charge in [0.2, 0.25) is 0 Å². The molecule has 4 aromatic carbocycles. The van der Waals surface area contributed by atoms with Crippen molar-refractivity contribution in [2.75, 3.05) is 24.3 Å². The lowest BCUT2D eigenvalue weighted by atomic mass is 10.1. The van der Waals surface area contributed by atoms with Crippen molar-refractivity contribution in [2.24, 2.45) is 9.98 Å². The Morgan fingerprint density at radius 1 is 0.952 bits per heavy atom. The number of nitrogens with zero attached hydrogens (tertiary/aromatic N) is 4. The zero-order valence-electron chi connectivity index (χ0n) is 23.0. The zero-order valence-corrected chi connectivity index (χ0v) is 25.4. The molecule has 1 N–H and O–H groups in total. The Morgan fingerprint density at radius 3 is 2.38 bits per heavy atom. The molecule has 1 aliphatic rings. The van der Waals surface area contributed by atoms with Crippen LogP contribution in [0.5, 0.6) is 0 Å². The van der Waals surface area contributed by atoms with Crippen LogP contribution in [0.4, 0.5) is 22.7 Å². The molecule has 0 unspecified atom stereocenters. The number of hydrogen-bond donors (Lipinski definition) is 1. The van der Waals surface area contributed by atoms with Crippen LogP contribution in [0.25, 0.3) is 0 Å². The highest BCUT2D eigenvalue weighted by Gasteiger charge is 2.38. The lowest BCUT2D eigenvalue weighted by Gasteiger charge is -2.30. The molecule has 0 fully saturated rings. The molecule has 0 aliphatic carbocycles. The maximum absolute atomic E-state index is 14.1. The van der Waals surface area contributed by atoms with E-state index < -0.39 is 15.9 Å². The number of amidine groups is 1. The molecule has 0 saturated heterocycles. The van der Waals surface area contributed by atoms with Gasteiger partial charge in [-0.2, -0.15) is 0 Å². The van der Waals surface area contributed by atoms with E-state index in [9.17, 15) is 13.2 Å². The highest BCUT2D eigenvalue weighted by molar-refractivity contribution is 7.90. The number of rotatable bonds is 7. The van der Waals surface area contributed by atoms with Gasteiger partial charge >= 0.3 is 0 Å². The molecular weight excluding hydrogens is 593 g/mol. The number of benzene rings is 4. The molecular formula is C31H27Cl2N5O3S. The number of hydrogen-bond acceptors (Lipinski definition) is 6. The summed E-state index contributed by atoms with van der Waals surface area (Å²) >= 11 is 12.5. The predicted octanol–water partition coefficient (Wildman–Crippen LogP) is 7.01. The summed E-state index contributed by atoms with van der Waals surface area (Å²) in [6, 6.07) is 25.7.